The van der Waals surface area contributed by atoms with Gasteiger partial charge in [0, 0.05) is 64.9 Å². The van der Waals surface area contributed by atoms with Crippen molar-refractivity contribution in [1.29, 1.82) is 5.26 Å². The average molecular weight is 428 g/mol. The number of rotatable bonds is 2. The molecule has 0 saturated heterocycles. The van der Waals surface area contributed by atoms with Gasteiger partial charge in [0.15, 0.2) is 0 Å². The number of halogens is 1. The number of nitrogens with zero attached hydrogens (tertiary/aromatic N) is 3. The second-order valence-electron chi connectivity index (χ2n) is 7.95. The van der Waals surface area contributed by atoms with Gasteiger partial charge in [0.1, 0.15) is 17.5 Å². The number of aromatic amines is 1. The zero-order chi connectivity index (χ0) is 20.9. The minimum atomic E-state index is -0.148. The third kappa shape index (κ3) is 2.97. The van der Waals surface area contributed by atoms with Gasteiger partial charge in [-0.25, -0.2) is 0 Å². The van der Waals surface area contributed by atoms with E-state index in [4.69, 9.17) is 16.3 Å². The highest BCUT2D eigenvalue weighted by Gasteiger charge is 2.32. The number of ether oxygens (including phenoxy) is 1. The molecule has 2 aliphatic heterocycles. The van der Waals surface area contributed by atoms with Crippen LogP contribution in [0.2, 0.25) is 5.02 Å². The van der Waals surface area contributed by atoms with Crippen molar-refractivity contribution in [2.45, 2.75) is 25.5 Å². The number of hydrogen-bond donors (Lipinski definition) is 2. The van der Waals surface area contributed by atoms with Crippen LogP contribution >= 0.6 is 11.6 Å². The molecule has 0 amide bonds. The van der Waals surface area contributed by atoms with Crippen molar-refractivity contribution in [2.75, 3.05) is 6.54 Å². The first-order valence-electron chi connectivity index (χ1n) is 10.3. The van der Waals surface area contributed by atoms with Crippen LogP contribution in [0.15, 0.2) is 42.6 Å². The summed E-state index contributed by atoms with van der Waals surface area (Å²) in [5.74, 6) is 0.840. The molecule has 0 fully saturated rings. The van der Waals surface area contributed by atoms with Crippen molar-refractivity contribution in [3.8, 4) is 22.9 Å². The van der Waals surface area contributed by atoms with E-state index in [1.54, 1.807) is 12.3 Å². The largest absolute Gasteiger partial charge is 0.483 e. The number of pyridine rings is 1. The van der Waals surface area contributed by atoms with Crippen molar-refractivity contribution in [3.63, 3.8) is 0 Å². The van der Waals surface area contributed by atoms with Gasteiger partial charge in [-0.15, -0.1) is 0 Å². The summed E-state index contributed by atoms with van der Waals surface area (Å²) < 4.78 is 6.51. The molecule has 1 atom stereocenters. The third-order valence-corrected chi connectivity index (χ3v) is 6.32. The standard InChI is InChI=1S/C24H18ClN5O/c25-15-8-14-9-22(23-19-12-27-5-4-20(19)29-30-23)31-24(14)18(10-15)16-3-6-28-21-7-13(11-26)1-2-17(16)21/h1-3,6-8,10,22,27H,4-5,9,12H2,(H,29,30)/t22-/m1/s1. The van der Waals surface area contributed by atoms with Gasteiger partial charge in [0.05, 0.1) is 17.1 Å². The Morgan fingerprint density at radius 3 is 3.00 bits per heavy atom. The van der Waals surface area contributed by atoms with E-state index >= 15 is 0 Å². The van der Waals surface area contributed by atoms with Crippen molar-refractivity contribution in [1.82, 2.24) is 20.5 Å². The maximum absolute atomic E-state index is 9.22. The van der Waals surface area contributed by atoms with Crippen molar-refractivity contribution < 1.29 is 4.74 Å². The summed E-state index contributed by atoms with van der Waals surface area (Å²) in [6, 6.07) is 13.6. The molecular weight excluding hydrogens is 410 g/mol. The van der Waals surface area contributed by atoms with Crippen LogP contribution in [0.4, 0.5) is 0 Å². The lowest BCUT2D eigenvalue weighted by Crippen LogP contribution is -2.24. The fourth-order valence-electron chi connectivity index (χ4n) is 4.64. The molecule has 0 aliphatic carbocycles. The molecule has 2 aromatic carbocycles. The van der Waals surface area contributed by atoms with Crippen LogP contribution < -0.4 is 10.1 Å². The van der Waals surface area contributed by atoms with E-state index in [0.717, 1.165) is 65.0 Å². The van der Waals surface area contributed by atoms with E-state index in [1.165, 1.54) is 11.3 Å². The molecule has 152 valence electrons. The minimum Gasteiger partial charge on any atom is -0.483 e. The van der Waals surface area contributed by atoms with Crippen LogP contribution in [0.1, 0.15) is 34.2 Å². The molecule has 0 bridgehead atoms. The number of benzene rings is 2. The number of nitriles is 1. The lowest BCUT2D eigenvalue weighted by atomic mass is 9.96. The molecule has 31 heavy (non-hydrogen) atoms. The summed E-state index contributed by atoms with van der Waals surface area (Å²) in [7, 11) is 0. The first kappa shape index (κ1) is 18.4. The number of H-pyrrole nitrogens is 1. The Hall–Kier alpha value is -3.40. The van der Waals surface area contributed by atoms with Crippen molar-refractivity contribution in [2.24, 2.45) is 0 Å². The first-order valence-corrected chi connectivity index (χ1v) is 10.6. The number of aromatic nitrogens is 3. The van der Waals surface area contributed by atoms with Gasteiger partial charge in [-0.2, -0.15) is 10.4 Å². The van der Waals surface area contributed by atoms with Crippen LogP contribution in [0, 0.1) is 11.3 Å². The monoisotopic (exact) mass is 427 g/mol. The van der Waals surface area contributed by atoms with Gasteiger partial charge in [0.25, 0.3) is 0 Å². The van der Waals surface area contributed by atoms with Gasteiger partial charge in [-0.3, -0.25) is 10.1 Å². The lowest BCUT2D eigenvalue weighted by Gasteiger charge is -2.16. The minimum absolute atomic E-state index is 0.148. The molecule has 0 saturated carbocycles. The Morgan fingerprint density at radius 2 is 2.10 bits per heavy atom. The summed E-state index contributed by atoms with van der Waals surface area (Å²) in [6.45, 7) is 1.77. The topological polar surface area (TPSA) is 86.6 Å². The highest BCUT2D eigenvalue weighted by Crippen LogP contribution is 2.46. The molecular formula is C24H18ClN5O. The molecule has 7 heteroatoms. The van der Waals surface area contributed by atoms with E-state index in [-0.39, 0.29) is 6.10 Å². The summed E-state index contributed by atoms with van der Waals surface area (Å²) in [4.78, 5) is 4.45. The SMILES string of the molecule is N#Cc1ccc2c(-c3cc(Cl)cc4c3O[C@@H](c3n[nH]c5c3CNCC5)C4)ccnc2c1. The van der Waals surface area contributed by atoms with Crippen LogP contribution in [-0.2, 0) is 19.4 Å². The Bertz CT molecular complexity index is 1390. The maximum atomic E-state index is 9.22. The van der Waals surface area contributed by atoms with E-state index in [2.05, 4.69) is 26.6 Å². The fourth-order valence-corrected chi connectivity index (χ4v) is 4.88. The molecule has 4 aromatic rings. The van der Waals surface area contributed by atoms with Gasteiger partial charge in [-0.1, -0.05) is 17.7 Å². The molecule has 4 heterocycles. The second kappa shape index (κ2) is 7.09. The zero-order valence-corrected chi connectivity index (χ0v) is 17.3. The van der Waals surface area contributed by atoms with Gasteiger partial charge < -0.3 is 10.1 Å². The molecule has 0 radical (unpaired) electrons. The quantitative estimate of drug-likeness (QED) is 0.492. The Labute approximate surface area is 183 Å². The molecule has 6 rings (SSSR count). The zero-order valence-electron chi connectivity index (χ0n) is 16.6. The second-order valence-corrected chi connectivity index (χ2v) is 8.38. The molecule has 2 aromatic heterocycles. The van der Waals surface area contributed by atoms with Crippen LogP contribution in [-0.4, -0.2) is 21.7 Å². The van der Waals surface area contributed by atoms with Gasteiger partial charge in [0.2, 0.25) is 0 Å². The fraction of sp³-hybridized carbons (Fsp3) is 0.208. The van der Waals surface area contributed by atoms with Crippen LogP contribution in [0.3, 0.4) is 0 Å². The highest BCUT2D eigenvalue weighted by atomic mass is 35.5. The number of hydrogen-bond acceptors (Lipinski definition) is 5. The Balaban J connectivity index is 1.46. The Kier molecular flexibility index (Phi) is 4.20. The van der Waals surface area contributed by atoms with E-state index < -0.39 is 0 Å². The molecule has 2 aliphatic rings. The normalized spacial score (nSPS) is 17.1. The van der Waals surface area contributed by atoms with Crippen LogP contribution in [0.25, 0.3) is 22.0 Å². The van der Waals surface area contributed by atoms with Gasteiger partial charge in [-0.05, 0) is 35.9 Å². The van der Waals surface area contributed by atoms with E-state index in [0.29, 0.717) is 10.6 Å². The number of fused-ring (bicyclic) bond motifs is 3. The predicted molar refractivity (Wildman–Crippen MR) is 118 cm³/mol. The van der Waals surface area contributed by atoms with E-state index in [9.17, 15) is 5.26 Å². The van der Waals surface area contributed by atoms with Crippen molar-refractivity contribution >= 4 is 22.5 Å². The number of nitrogens with one attached hydrogen (secondary N) is 2. The third-order valence-electron chi connectivity index (χ3n) is 6.10. The summed E-state index contributed by atoms with van der Waals surface area (Å²) in [5.41, 5.74) is 7.73. The highest BCUT2D eigenvalue weighted by molar-refractivity contribution is 6.31. The van der Waals surface area contributed by atoms with Crippen LogP contribution in [0.5, 0.6) is 5.75 Å². The Morgan fingerprint density at radius 1 is 1.16 bits per heavy atom. The average Bonchev–Trinajstić information content (AvgIpc) is 3.41. The van der Waals surface area contributed by atoms with E-state index in [1.807, 2.05) is 30.3 Å². The van der Waals surface area contributed by atoms with Gasteiger partial charge >= 0.3 is 0 Å². The molecule has 6 nitrogen and oxygen atoms in total. The maximum Gasteiger partial charge on any atom is 0.147 e. The molecule has 2 N–H and O–H groups in total. The van der Waals surface area contributed by atoms with Crippen molar-refractivity contribution in [3.05, 3.63) is 75.7 Å². The molecule has 0 unspecified atom stereocenters. The first-order chi connectivity index (χ1) is 15.2. The summed E-state index contributed by atoms with van der Waals surface area (Å²) in [5, 5.41) is 22.1. The molecule has 0 spiro atoms. The predicted octanol–water partition coefficient (Wildman–Crippen LogP) is 4.47. The lowest BCUT2D eigenvalue weighted by molar-refractivity contribution is 0.232. The summed E-state index contributed by atoms with van der Waals surface area (Å²) in [6.07, 6.45) is 3.29. The summed E-state index contributed by atoms with van der Waals surface area (Å²) >= 11 is 6.52. The smallest absolute Gasteiger partial charge is 0.147 e.